The molecule has 0 fully saturated rings. The number of nitrogens with one attached hydrogen (secondary N) is 1. The second-order valence-electron chi connectivity index (χ2n) is 3.25. The maximum absolute atomic E-state index is 11.3. The number of amides is 1. The number of hydrogen-bond donors (Lipinski definition) is 2. The van der Waals surface area contributed by atoms with Gasteiger partial charge >= 0.3 is 5.97 Å². The van der Waals surface area contributed by atoms with E-state index in [2.05, 4.69) is 0 Å². The van der Waals surface area contributed by atoms with Crippen molar-refractivity contribution in [2.45, 2.75) is 19.1 Å². The lowest BCUT2D eigenvalue weighted by Gasteiger charge is -2.15. The molecule has 8 heteroatoms. The third kappa shape index (κ3) is 4.15. The van der Waals surface area contributed by atoms with Crippen molar-refractivity contribution < 1.29 is 23.1 Å². The highest BCUT2D eigenvalue weighted by Gasteiger charge is 2.27. The van der Waals surface area contributed by atoms with Gasteiger partial charge in [0.1, 0.15) is 0 Å². The van der Waals surface area contributed by atoms with Crippen LogP contribution in [0, 0.1) is 0 Å². The summed E-state index contributed by atoms with van der Waals surface area (Å²) in [5, 5.41) is 6.95. The monoisotopic (exact) mass is 252 g/mol. The summed E-state index contributed by atoms with van der Waals surface area (Å²) in [5.41, 5.74) is 0. The number of nitrogens with zero attached hydrogens (tertiary/aromatic N) is 1. The van der Waals surface area contributed by atoms with Gasteiger partial charge in [-0.25, -0.2) is 13.1 Å². The summed E-state index contributed by atoms with van der Waals surface area (Å²) in [6.07, 6.45) is 0. The van der Waals surface area contributed by atoms with Crippen molar-refractivity contribution >= 4 is 21.9 Å². The topological polar surface area (TPSA) is 104 Å². The highest BCUT2D eigenvalue weighted by atomic mass is 32.2. The van der Waals surface area contributed by atoms with Crippen LogP contribution >= 0.6 is 0 Å². The number of carboxylic acids is 1. The normalized spacial score (nSPS) is 13.2. The van der Waals surface area contributed by atoms with E-state index in [1.54, 1.807) is 6.92 Å². The third-order valence-electron chi connectivity index (χ3n) is 2.14. The maximum Gasteiger partial charge on any atom is 0.323 e. The molecule has 0 heterocycles. The first-order valence-electron chi connectivity index (χ1n) is 4.67. The first-order valence-corrected chi connectivity index (χ1v) is 6.22. The van der Waals surface area contributed by atoms with E-state index in [-0.39, 0.29) is 0 Å². The number of aliphatic carboxylic acids is 1. The minimum atomic E-state index is -3.99. The lowest BCUT2D eigenvalue weighted by Crippen LogP contribution is -2.43. The molecule has 2 N–H and O–H groups in total. The van der Waals surface area contributed by atoms with Gasteiger partial charge in [-0.3, -0.25) is 9.59 Å². The lowest BCUT2D eigenvalue weighted by molar-refractivity contribution is -0.136. The van der Waals surface area contributed by atoms with E-state index in [0.29, 0.717) is 6.54 Å². The van der Waals surface area contributed by atoms with Gasteiger partial charge in [0.15, 0.2) is 5.25 Å². The molecule has 0 aliphatic heterocycles. The van der Waals surface area contributed by atoms with Gasteiger partial charge in [-0.2, -0.15) is 0 Å². The van der Waals surface area contributed by atoms with Gasteiger partial charge in [-0.05, 0) is 13.8 Å². The zero-order chi connectivity index (χ0) is 12.9. The highest BCUT2D eigenvalue weighted by molar-refractivity contribution is 7.90. The number of sulfonamides is 1. The van der Waals surface area contributed by atoms with E-state index in [0.717, 1.165) is 6.92 Å². The molecule has 0 aliphatic rings. The van der Waals surface area contributed by atoms with Crippen molar-refractivity contribution in [2.75, 3.05) is 20.1 Å². The first-order chi connectivity index (χ1) is 7.22. The number of rotatable bonds is 6. The van der Waals surface area contributed by atoms with Gasteiger partial charge in [0.25, 0.3) is 0 Å². The van der Waals surface area contributed by atoms with Crippen LogP contribution in [0.4, 0.5) is 0 Å². The van der Waals surface area contributed by atoms with Gasteiger partial charge in [-0.15, -0.1) is 0 Å². The quantitative estimate of drug-likeness (QED) is 0.621. The molecule has 0 spiro atoms. The lowest BCUT2D eigenvalue weighted by atomic mass is 10.5. The maximum atomic E-state index is 11.3. The van der Waals surface area contributed by atoms with Crippen molar-refractivity contribution in [1.82, 2.24) is 9.62 Å². The number of likely N-dealkylation sites (N-methyl/N-ethyl adjacent to an activating group) is 1. The molecule has 0 saturated carbocycles. The van der Waals surface area contributed by atoms with Crippen LogP contribution in [-0.4, -0.2) is 55.7 Å². The standard InChI is InChI=1S/C8H16N2O5S/c1-4-10(3)7(11)5-9-16(14,15)6(2)8(12)13/h6,9H,4-5H2,1-3H3,(H,12,13). The molecule has 0 bridgehead atoms. The second kappa shape index (κ2) is 5.80. The van der Waals surface area contributed by atoms with Crippen molar-refractivity contribution in [3.8, 4) is 0 Å². The van der Waals surface area contributed by atoms with E-state index in [1.165, 1.54) is 11.9 Å². The van der Waals surface area contributed by atoms with Crippen LogP contribution in [0.25, 0.3) is 0 Å². The molecule has 0 aromatic rings. The minimum Gasteiger partial charge on any atom is -0.480 e. The van der Waals surface area contributed by atoms with Crippen LogP contribution in [0.15, 0.2) is 0 Å². The smallest absolute Gasteiger partial charge is 0.323 e. The Morgan fingerprint density at radius 1 is 1.44 bits per heavy atom. The second-order valence-corrected chi connectivity index (χ2v) is 5.34. The van der Waals surface area contributed by atoms with Gasteiger partial charge in [0.2, 0.25) is 15.9 Å². The van der Waals surface area contributed by atoms with Crippen molar-refractivity contribution in [3.05, 3.63) is 0 Å². The molecule has 0 rings (SSSR count). The molecule has 0 radical (unpaired) electrons. The van der Waals surface area contributed by atoms with Crippen molar-refractivity contribution in [3.63, 3.8) is 0 Å². The molecule has 16 heavy (non-hydrogen) atoms. The van der Waals surface area contributed by atoms with Crippen LogP contribution in [0.1, 0.15) is 13.8 Å². The van der Waals surface area contributed by atoms with Crippen LogP contribution in [0.2, 0.25) is 0 Å². The largest absolute Gasteiger partial charge is 0.480 e. The molecule has 0 aliphatic carbocycles. The zero-order valence-electron chi connectivity index (χ0n) is 9.43. The first kappa shape index (κ1) is 14.8. The number of carbonyl (C=O) groups excluding carboxylic acids is 1. The predicted octanol–water partition coefficient (Wildman–Crippen LogP) is -1.14. The Kier molecular flexibility index (Phi) is 5.39. The molecule has 1 atom stereocenters. The van der Waals surface area contributed by atoms with Gasteiger partial charge in [-0.1, -0.05) is 0 Å². The Balaban J connectivity index is 4.42. The summed E-state index contributed by atoms with van der Waals surface area (Å²) in [6, 6.07) is 0. The summed E-state index contributed by atoms with van der Waals surface area (Å²) in [6.45, 7) is 2.81. The summed E-state index contributed by atoms with van der Waals surface area (Å²) in [7, 11) is -2.47. The average molecular weight is 252 g/mol. The molecular formula is C8H16N2O5S. The fourth-order valence-corrected chi connectivity index (χ4v) is 1.57. The average Bonchev–Trinajstić information content (AvgIpc) is 2.23. The minimum absolute atomic E-state index is 0.413. The van der Waals surface area contributed by atoms with E-state index in [4.69, 9.17) is 5.11 Å². The van der Waals surface area contributed by atoms with Crippen molar-refractivity contribution in [2.24, 2.45) is 0 Å². The molecule has 1 unspecified atom stereocenters. The molecule has 0 aromatic carbocycles. The number of carbonyl (C=O) groups is 2. The molecule has 94 valence electrons. The molecular weight excluding hydrogens is 236 g/mol. The van der Waals surface area contributed by atoms with E-state index in [1.807, 2.05) is 4.72 Å². The van der Waals surface area contributed by atoms with Crippen molar-refractivity contribution in [1.29, 1.82) is 0 Å². The number of hydrogen-bond acceptors (Lipinski definition) is 4. The summed E-state index contributed by atoms with van der Waals surface area (Å²) < 4.78 is 24.6. The van der Waals surface area contributed by atoms with E-state index < -0.39 is 33.7 Å². The molecule has 0 aromatic heterocycles. The summed E-state index contributed by atoms with van der Waals surface area (Å²) in [4.78, 5) is 23.1. The van der Waals surface area contributed by atoms with E-state index in [9.17, 15) is 18.0 Å². The van der Waals surface area contributed by atoms with Gasteiger partial charge < -0.3 is 10.0 Å². The molecule has 0 saturated heterocycles. The van der Waals surface area contributed by atoms with Crippen LogP contribution in [-0.2, 0) is 19.6 Å². The Labute approximate surface area is 94.5 Å². The van der Waals surface area contributed by atoms with Crippen LogP contribution in [0.3, 0.4) is 0 Å². The molecule has 7 nitrogen and oxygen atoms in total. The Bertz CT molecular complexity index is 365. The molecule has 1 amide bonds. The summed E-state index contributed by atoms with van der Waals surface area (Å²) in [5.74, 6) is -1.87. The zero-order valence-corrected chi connectivity index (χ0v) is 10.2. The van der Waals surface area contributed by atoms with Crippen LogP contribution < -0.4 is 4.72 Å². The van der Waals surface area contributed by atoms with Gasteiger partial charge in [0, 0.05) is 13.6 Å². The predicted molar refractivity (Wildman–Crippen MR) is 57.3 cm³/mol. The van der Waals surface area contributed by atoms with Crippen LogP contribution in [0.5, 0.6) is 0 Å². The Hall–Kier alpha value is -1.15. The fourth-order valence-electron chi connectivity index (χ4n) is 0.731. The highest BCUT2D eigenvalue weighted by Crippen LogP contribution is 1.97. The third-order valence-corrected chi connectivity index (χ3v) is 3.82. The fraction of sp³-hybridized carbons (Fsp3) is 0.750. The van der Waals surface area contributed by atoms with Gasteiger partial charge in [0.05, 0.1) is 6.54 Å². The number of carboxylic acid groups (broad SMARTS) is 1. The Morgan fingerprint density at radius 3 is 2.31 bits per heavy atom. The SMILES string of the molecule is CCN(C)C(=O)CNS(=O)(=O)C(C)C(=O)O. The Morgan fingerprint density at radius 2 is 1.94 bits per heavy atom. The summed E-state index contributed by atoms with van der Waals surface area (Å²) >= 11 is 0. The van der Waals surface area contributed by atoms with E-state index >= 15 is 0 Å².